The number of hydrogen-bond acceptors (Lipinski definition) is 0. The molecule has 2 rings (SSSR count). The van der Waals surface area contributed by atoms with Gasteiger partial charge in [-0.3, -0.25) is 0 Å². The first-order valence-corrected chi connectivity index (χ1v) is 7.87. The van der Waals surface area contributed by atoms with Gasteiger partial charge in [-0.05, 0) is 23.8 Å². The van der Waals surface area contributed by atoms with Gasteiger partial charge in [-0.1, -0.05) is 87.0 Å². The summed E-state index contributed by atoms with van der Waals surface area (Å²) in [6.07, 6.45) is 9.11. The molecule has 0 aliphatic heterocycles. The molecule has 102 valence electrons. The fourth-order valence-corrected chi connectivity index (χ4v) is 2.90. The van der Waals surface area contributed by atoms with Crippen molar-refractivity contribution in [2.75, 3.05) is 0 Å². The van der Waals surface area contributed by atoms with E-state index in [0.29, 0.717) is 0 Å². The lowest BCUT2D eigenvalue weighted by Crippen LogP contribution is -1.89. The molecule has 0 heterocycles. The van der Waals surface area contributed by atoms with Crippen LogP contribution in [-0.4, -0.2) is 0 Å². The van der Waals surface area contributed by atoms with Crippen molar-refractivity contribution in [3.05, 3.63) is 47.0 Å². The van der Waals surface area contributed by atoms with E-state index in [2.05, 4.69) is 43.3 Å². The zero-order valence-corrected chi connectivity index (χ0v) is 12.5. The molecule has 2 aromatic carbocycles. The van der Waals surface area contributed by atoms with Gasteiger partial charge in [0.15, 0.2) is 0 Å². The summed E-state index contributed by atoms with van der Waals surface area (Å²) >= 11 is 6.50. The SMILES string of the molecule is CCCCCCCCc1ccc2ccccc2c1Cl. The standard InChI is InChI=1S/C18H23Cl/c1-2-3-4-5-6-7-11-16-14-13-15-10-8-9-12-17(15)18(16)19/h8-10,12-14H,2-7,11H2,1H3. The number of fused-ring (bicyclic) bond motifs is 1. The number of benzene rings is 2. The van der Waals surface area contributed by atoms with E-state index in [1.165, 1.54) is 54.9 Å². The Morgan fingerprint density at radius 3 is 2.42 bits per heavy atom. The van der Waals surface area contributed by atoms with Crippen LogP contribution in [0.4, 0.5) is 0 Å². The lowest BCUT2D eigenvalue weighted by molar-refractivity contribution is 0.607. The van der Waals surface area contributed by atoms with Crippen LogP contribution in [-0.2, 0) is 6.42 Å². The van der Waals surface area contributed by atoms with Crippen molar-refractivity contribution in [3.63, 3.8) is 0 Å². The largest absolute Gasteiger partial charge is 0.0834 e. The summed E-state index contributed by atoms with van der Waals surface area (Å²) in [6.45, 7) is 2.26. The Morgan fingerprint density at radius 1 is 0.842 bits per heavy atom. The van der Waals surface area contributed by atoms with Crippen LogP contribution >= 0.6 is 11.6 Å². The lowest BCUT2D eigenvalue weighted by atomic mass is 10.0. The molecule has 0 N–H and O–H groups in total. The normalized spacial score (nSPS) is 11.1. The Kier molecular flexibility index (Phi) is 5.72. The molecule has 0 aliphatic carbocycles. The Morgan fingerprint density at radius 2 is 1.58 bits per heavy atom. The number of hydrogen-bond donors (Lipinski definition) is 0. The number of rotatable bonds is 7. The zero-order valence-electron chi connectivity index (χ0n) is 11.8. The quantitative estimate of drug-likeness (QED) is 0.513. The van der Waals surface area contributed by atoms with Gasteiger partial charge in [0.2, 0.25) is 0 Å². The van der Waals surface area contributed by atoms with Crippen molar-refractivity contribution >= 4 is 22.4 Å². The second kappa shape index (κ2) is 7.55. The van der Waals surface area contributed by atoms with E-state index in [-0.39, 0.29) is 0 Å². The second-order valence-electron chi connectivity index (χ2n) is 5.28. The maximum absolute atomic E-state index is 6.50. The molecule has 0 spiro atoms. The highest BCUT2D eigenvalue weighted by atomic mass is 35.5. The molecule has 0 fully saturated rings. The average molecular weight is 275 g/mol. The summed E-state index contributed by atoms with van der Waals surface area (Å²) in [7, 11) is 0. The third-order valence-electron chi connectivity index (χ3n) is 3.74. The van der Waals surface area contributed by atoms with E-state index < -0.39 is 0 Å². The van der Waals surface area contributed by atoms with Gasteiger partial charge < -0.3 is 0 Å². The zero-order chi connectivity index (χ0) is 13.5. The first-order valence-electron chi connectivity index (χ1n) is 7.49. The molecule has 1 heteroatoms. The first-order chi connectivity index (χ1) is 9.33. The van der Waals surface area contributed by atoms with Gasteiger partial charge in [0.05, 0.1) is 5.02 Å². The van der Waals surface area contributed by atoms with E-state index >= 15 is 0 Å². The summed E-state index contributed by atoms with van der Waals surface area (Å²) in [6, 6.07) is 12.7. The predicted molar refractivity (Wildman–Crippen MR) is 86.0 cm³/mol. The van der Waals surface area contributed by atoms with Crippen LogP contribution in [0.25, 0.3) is 10.8 Å². The van der Waals surface area contributed by atoms with Gasteiger partial charge in [-0.15, -0.1) is 0 Å². The highest BCUT2D eigenvalue weighted by Gasteiger charge is 2.04. The van der Waals surface area contributed by atoms with Gasteiger partial charge in [0.25, 0.3) is 0 Å². The number of halogens is 1. The van der Waals surface area contributed by atoms with Crippen LogP contribution in [0.5, 0.6) is 0 Å². The molecular formula is C18H23Cl. The monoisotopic (exact) mass is 274 g/mol. The van der Waals surface area contributed by atoms with Crippen molar-refractivity contribution in [2.24, 2.45) is 0 Å². The third kappa shape index (κ3) is 3.98. The van der Waals surface area contributed by atoms with E-state index in [1.807, 2.05) is 0 Å². The molecule has 2 aromatic rings. The first kappa shape index (κ1) is 14.4. The van der Waals surface area contributed by atoms with Gasteiger partial charge >= 0.3 is 0 Å². The van der Waals surface area contributed by atoms with Gasteiger partial charge in [-0.25, -0.2) is 0 Å². The van der Waals surface area contributed by atoms with E-state index in [0.717, 1.165) is 11.4 Å². The molecule has 0 radical (unpaired) electrons. The highest BCUT2D eigenvalue weighted by molar-refractivity contribution is 6.36. The van der Waals surface area contributed by atoms with Crippen molar-refractivity contribution in [2.45, 2.75) is 51.9 Å². The Bertz CT molecular complexity index is 516. The minimum atomic E-state index is 0.951. The van der Waals surface area contributed by atoms with Crippen LogP contribution in [0, 0.1) is 0 Å². The highest BCUT2D eigenvalue weighted by Crippen LogP contribution is 2.28. The fourth-order valence-electron chi connectivity index (χ4n) is 2.57. The Hall–Kier alpha value is -1.01. The Balaban J connectivity index is 1.92. The van der Waals surface area contributed by atoms with Crippen molar-refractivity contribution in [1.29, 1.82) is 0 Å². The molecule has 0 atom stereocenters. The van der Waals surface area contributed by atoms with Crippen LogP contribution in [0.2, 0.25) is 5.02 Å². The van der Waals surface area contributed by atoms with Crippen molar-refractivity contribution in [1.82, 2.24) is 0 Å². The second-order valence-corrected chi connectivity index (χ2v) is 5.66. The maximum atomic E-state index is 6.50. The van der Waals surface area contributed by atoms with E-state index in [9.17, 15) is 0 Å². The van der Waals surface area contributed by atoms with Crippen LogP contribution in [0.1, 0.15) is 51.0 Å². The fraction of sp³-hybridized carbons (Fsp3) is 0.444. The topological polar surface area (TPSA) is 0 Å². The summed E-state index contributed by atoms with van der Waals surface area (Å²) in [5, 5.41) is 3.37. The summed E-state index contributed by atoms with van der Waals surface area (Å²) < 4.78 is 0. The molecule has 0 bridgehead atoms. The molecule has 0 amide bonds. The smallest absolute Gasteiger partial charge is 0.0516 e. The van der Waals surface area contributed by atoms with Crippen LogP contribution in [0.15, 0.2) is 36.4 Å². The van der Waals surface area contributed by atoms with Gasteiger partial charge in [-0.2, -0.15) is 0 Å². The summed E-state index contributed by atoms with van der Waals surface area (Å²) in [5.41, 5.74) is 1.30. The van der Waals surface area contributed by atoms with Crippen LogP contribution < -0.4 is 0 Å². The van der Waals surface area contributed by atoms with Crippen molar-refractivity contribution < 1.29 is 0 Å². The van der Waals surface area contributed by atoms with Gasteiger partial charge in [0.1, 0.15) is 0 Å². The van der Waals surface area contributed by atoms with Crippen molar-refractivity contribution in [3.8, 4) is 0 Å². The minimum absolute atomic E-state index is 0.951. The van der Waals surface area contributed by atoms with E-state index in [1.54, 1.807) is 0 Å². The molecule has 0 nitrogen and oxygen atoms in total. The molecule has 0 saturated carbocycles. The molecule has 0 aliphatic rings. The summed E-state index contributed by atoms with van der Waals surface area (Å²) in [5.74, 6) is 0. The maximum Gasteiger partial charge on any atom is 0.0516 e. The predicted octanol–water partition coefficient (Wildman–Crippen LogP) is 6.40. The average Bonchev–Trinajstić information content (AvgIpc) is 2.45. The number of aryl methyl sites for hydroxylation is 1. The Labute approximate surface area is 121 Å². The minimum Gasteiger partial charge on any atom is -0.0834 e. The van der Waals surface area contributed by atoms with Gasteiger partial charge in [0, 0.05) is 5.39 Å². The molecule has 19 heavy (non-hydrogen) atoms. The lowest BCUT2D eigenvalue weighted by Gasteiger charge is -2.07. The molecule has 0 unspecified atom stereocenters. The van der Waals surface area contributed by atoms with E-state index in [4.69, 9.17) is 11.6 Å². The van der Waals surface area contributed by atoms with Crippen LogP contribution in [0.3, 0.4) is 0 Å². The summed E-state index contributed by atoms with van der Waals surface area (Å²) in [4.78, 5) is 0. The molecular weight excluding hydrogens is 252 g/mol. The molecule has 0 saturated heterocycles. The third-order valence-corrected chi connectivity index (χ3v) is 4.19. The molecule has 0 aromatic heterocycles. The number of unbranched alkanes of at least 4 members (excludes halogenated alkanes) is 5.